The Balaban J connectivity index is 1.24. The Morgan fingerprint density at radius 2 is 1.75 bits per heavy atom. The Kier molecular flexibility index (Phi) is 10.1. The first-order valence-corrected chi connectivity index (χ1v) is 16.0. The Morgan fingerprint density at radius 3 is 2.50 bits per heavy atom. The van der Waals surface area contributed by atoms with Gasteiger partial charge in [-0.1, -0.05) is 42.3 Å². The van der Waals surface area contributed by atoms with E-state index < -0.39 is 0 Å². The number of carbonyl (C=O) groups is 1. The van der Waals surface area contributed by atoms with Crippen LogP contribution >= 0.6 is 11.6 Å². The summed E-state index contributed by atoms with van der Waals surface area (Å²) in [6.45, 7) is 11.7. The lowest BCUT2D eigenvalue weighted by Crippen LogP contribution is -2.51. The van der Waals surface area contributed by atoms with Gasteiger partial charge in [-0.3, -0.25) is 4.79 Å². The van der Waals surface area contributed by atoms with Gasteiger partial charge in [0.15, 0.2) is 0 Å². The Morgan fingerprint density at radius 1 is 0.975 bits per heavy atom. The minimum absolute atomic E-state index is 0.0644. The van der Waals surface area contributed by atoms with Crippen LogP contribution in [0.4, 0.5) is 0 Å². The molecule has 40 heavy (non-hydrogen) atoms. The van der Waals surface area contributed by atoms with Crippen molar-refractivity contribution in [3.8, 4) is 5.75 Å². The highest BCUT2D eigenvalue weighted by Crippen LogP contribution is 2.39. The molecule has 1 unspecified atom stereocenters. The number of halogens is 1. The second-order valence-electron chi connectivity index (χ2n) is 12.6. The topological polar surface area (TPSA) is 36.0 Å². The normalized spacial score (nSPS) is 23.4. The maximum Gasteiger partial charge on any atom is 0.227 e. The van der Waals surface area contributed by atoms with Gasteiger partial charge in [0.1, 0.15) is 5.75 Å². The lowest BCUT2D eigenvalue weighted by atomic mass is 9.71. The van der Waals surface area contributed by atoms with Crippen LogP contribution in [0.3, 0.4) is 0 Å². The van der Waals surface area contributed by atoms with Crippen molar-refractivity contribution in [1.29, 1.82) is 0 Å². The third kappa shape index (κ3) is 7.60. The fraction of sp³-hybridized carbons (Fsp3) is 0.618. The highest BCUT2D eigenvalue weighted by molar-refractivity contribution is 6.30. The summed E-state index contributed by atoms with van der Waals surface area (Å²) >= 11 is 6.51. The van der Waals surface area contributed by atoms with Crippen molar-refractivity contribution in [3.05, 3.63) is 64.7 Å². The zero-order valence-corrected chi connectivity index (χ0v) is 25.4. The molecule has 218 valence electrons. The maximum absolute atomic E-state index is 13.6. The third-order valence-corrected chi connectivity index (χ3v) is 9.60. The monoisotopic (exact) mass is 565 g/mol. The van der Waals surface area contributed by atoms with Crippen molar-refractivity contribution in [2.75, 3.05) is 45.8 Å². The van der Waals surface area contributed by atoms with E-state index in [1.165, 1.54) is 63.8 Å². The van der Waals surface area contributed by atoms with E-state index in [4.69, 9.17) is 16.3 Å². The van der Waals surface area contributed by atoms with Gasteiger partial charge in [-0.15, -0.1) is 0 Å². The minimum atomic E-state index is -0.0644. The molecule has 3 saturated heterocycles. The molecule has 1 amide bonds. The van der Waals surface area contributed by atoms with Crippen LogP contribution in [0, 0.1) is 0 Å². The highest BCUT2D eigenvalue weighted by Gasteiger charge is 2.39. The number of carbonyl (C=O) groups excluding carboxylic acids is 1. The Labute approximate surface area is 246 Å². The van der Waals surface area contributed by atoms with Gasteiger partial charge in [-0.05, 0) is 127 Å². The molecule has 3 aliphatic rings. The summed E-state index contributed by atoms with van der Waals surface area (Å²) < 4.78 is 5.87. The summed E-state index contributed by atoms with van der Waals surface area (Å²) in [5.74, 6) is 1.03. The van der Waals surface area contributed by atoms with Crippen LogP contribution in [0.15, 0.2) is 48.5 Å². The lowest BCUT2D eigenvalue weighted by molar-refractivity contribution is -0.132. The number of benzene rings is 2. The predicted octanol–water partition coefficient (Wildman–Crippen LogP) is 6.57. The van der Waals surface area contributed by atoms with Crippen molar-refractivity contribution in [2.45, 2.75) is 89.2 Å². The number of hydrogen-bond donors (Lipinski definition) is 0. The second kappa shape index (κ2) is 13.7. The number of rotatable bonds is 9. The maximum atomic E-state index is 13.6. The van der Waals surface area contributed by atoms with E-state index in [1.54, 1.807) is 0 Å². The molecule has 5 nitrogen and oxygen atoms in total. The number of piperidine rings is 3. The Hall–Kier alpha value is -2.08. The molecule has 0 aliphatic carbocycles. The number of amides is 1. The quantitative estimate of drug-likeness (QED) is 0.344. The van der Waals surface area contributed by atoms with Crippen molar-refractivity contribution >= 4 is 17.5 Å². The number of hydrogen-bond acceptors (Lipinski definition) is 4. The highest BCUT2D eigenvalue weighted by atomic mass is 35.5. The van der Waals surface area contributed by atoms with Crippen LogP contribution in [0.2, 0.25) is 5.02 Å². The summed E-state index contributed by atoms with van der Waals surface area (Å²) in [6.07, 6.45) is 10.4. The van der Waals surface area contributed by atoms with Gasteiger partial charge >= 0.3 is 0 Å². The molecule has 2 aromatic rings. The fourth-order valence-corrected chi connectivity index (χ4v) is 7.39. The van der Waals surface area contributed by atoms with Crippen molar-refractivity contribution < 1.29 is 9.53 Å². The summed E-state index contributed by atoms with van der Waals surface area (Å²) in [5, 5.41) is 0.782. The molecule has 2 aromatic carbocycles. The average Bonchev–Trinajstić information content (AvgIpc) is 2.97. The molecular formula is C34H48ClN3O2. The Bertz CT molecular complexity index is 1110. The molecule has 0 bridgehead atoms. The molecule has 0 radical (unpaired) electrons. The minimum Gasteiger partial charge on any atom is -0.491 e. The van der Waals surface area contributed by atoms with Crippen LogP contribution in [0.25, 0.3) is 0 Å². The summed E-state index contributed by atoms with van der Waals surface area (Å²) in [7, 11) is 0. The molecule has 0 N–H and O–H groups in total. The van der Waals surface area contributed by atoms with E-state index in [9.17, 15) is 4.79 Å². The van der Waals surface area contributed by atoms with Crippen molar-refractivity contribution in [2.24, 2.45) is 0 Å². The molecular weight excluding hydrogens is 518 g/mol. The number of ether oxygens (including phenoxy) is 1. The van der Waals surface area contributed by atoms with Gasteiger partial charge in [0.2, 0.25) is 5.91 Å². The van der Waals surface area contributed by atoms with E-state index in [-0.39, 0.29) is 17.4 Å². The molecule has 0 saturated carbocycles. The van der Waals surface area contributed by atoms with E-state index in [2.05, 4.69) is 32.9 Å². The van der Waals surface area contributed by atoms with E-state index in [1.807, 2.05) is 44.2 Å². The zero-order valence-electron chi connectivity index (χ0n) is 24.6. The largest absolute Gasteiger partial charge is 0.491 e. The number of nitrogens with zero attached hydrogens (tertiary/aromatic N) is 3. The molecule has 0 spiro atoms. The predicted molar refractivity (Wildman–Crippen MR) is 164 cm³/mol. The molecule has 5 rings (SSSR count). The van der Waals surface area contributed by atoms with Gasteiger partial charge in [0, 0.05) is 29.6 Å². The summed E-state index contributed by atoms with van der Waals surface area (Å²) in [6, 6.07) is 17.2. The standard InChI is InChI=1S/C34H48ClN3O2/c1-27(2)40-32-12-6-9-28(23-32)24-33(39)38-19-8-15-34(26-38,29-10-7-11-30(35)25-29)16-22-36-20-13-31(14-21-36)37-17-4-3-5-18-37/h6-7,9-12,23,25,27,31H,3-5,8,13-22,24,26H2,1-2H3. The van der Waals surface area contributed by atoms with Crippen molar-refractivity contribution in [3.63, 3.8) is 0 Å². The molecule has 0 aromatic heterocycles. The van der Waals surface area contributed by atoms with Gasteiger partial charge < -0.3 is 19.4 Å². The SMILES string of the molecule is CC(C)Oc1cccc(CC(=O)N2CCCC(CCN3CCC(N4CCCCC4)CC3)(c3cccc(Cl)c3)C2)c1. The summed E-state index contributed by atoms with van der Waals surface area (Å²) in [4.78, 5) is 21.2. The smallest absolute Gasteiger partial charge is 0.227 e. The first-order chi connectivity index (χ1) is 19.4. The van der Waals surface area contributed by atoms with Gasteiger partial charge in [0.05, 0.1) is 12.5 Å². The lowest BCUT2D eigenvalue weighted by Gasteiger charge is -2.45. The fourth-order valence-electron chi connectivity index (χ4n) is 7.20. The first-order valence-electron chi connectivity index (χ1n) is 15.7. The van der Waals surface area contributed by atoms with Gasteiger partial charge in [-0.2, -0.15) is 0 Å². The zero-order chi connectivity index (χ0) is 28.0. The van der Waals surface area contributed by atoms with E-state index in [0.29, 0.717) is 6.42 Å². The average molecular weight is 566 g/mol. The van der Waals surface area contributed by atoms with E-state index in [0.717, 1.165) is 61.3 Å². The van der Waals surface area contributed by atoms with Crippen LogP contribution in [0.1, 0.15) is 76.3 Å². The number of likely N-dealkylation sites (tertiary alicyclic amines) is 3. The van der Waals surface area contributed by atoms with Crippen LogP contribution in [0.5, 0.6) is 5.75 Å². The second-order valence-corrected chi connectivity index (χ2v) is 13.1. The molecule has 3 fully saturated rings. The van der Waals surface area contributed by atoms with Crippen LogP contribution in [-0.2, 0) is 16.6 Å². The first kappa shape index (κ1) is 29.4. The molecule has 3 aliphatic heterocycles. The molecule has 1 atom stereocenters. The van der Waals surface area contributed by atoms with Crippen LogP contribution in [-0.4, -0.2) is 78.6 Å². The van der Waals surface area contributed by atoms with Gasteiger partial charge in [-0.25, -0.2) is 0 Å². The summed E-state index contributed by atoms with van der Waals surface area (Å²) in [5.41, 5.74) is 2.23. The molecule has 3 heterocycles. The molecule has 6 heteroatoms. The van der Waals surface area contributed by atoms with Crippen LogP contribution < -0.4 is 4.74 Å². The van der Waals surface area contributed by atoms with Gasteiger partial charge in [0.25, 0.3) is 0 Å². The van der Waals surface area contributed by atoms with Crippen molar-refractivity contribution in [1.82, 2.24) is 14.7 Å². The van der Waals surface area contributed by atoms with E-state index >= 15 is 0 Å². The third-order valence-electron chi connectivity index (χ3n) is 9.36.